The Morgan fingerprint density at radius 3 is 2.64 bits per heavy atom. The van der Waals surface area contributed by atoms with Crippen molar-refractivity contribution in [2.24, 2.45) is 0 Å². The fourth-order valence-corrected chi connectivity index (χ4v) is 5.21. The number of benzene rings is 1. The molecule has 1 saturated heterocycles. The largest absolute Gasteiger partial charge is 0.508 e. The fraction of sp³-hybridized carbons (Fsp3) is 0.450. The lowest BCUT2D eigenvalue weighted by Crippen LogP contribution is -2.38. The summed E-state index contributed by atoms with van der Waals surface area (Å²) in [5, 5.41) is 19.4. The number of hydrogen-bond donors (Lipinski definition) is 2. The second-order valence-corrected chi connectivity index (χ2v) is 9.29. The highest BCUT2D eigenvalue weighted by molar-refractivity contribution is 7.99. The Kier molecular flexibility index (Phi) is 7.20. The summed E-state index contributed by atoms with van der Waals surface area (Å²) in [6, 6.07) is 8.54. The molecule has 2 heterocycles. The Hall–Kier alpha value is -1.77. The third-order valence-electron chi connectivity index (χ3n) is 4.32. The second-order valence-electron chi connectivity index (χ2n) is 7.00. The van der Waals surface area contributed by atoms with Crippen LogP contribution in [0.3, 0.4) is 0 Å². The molecule has 0 bridgehead atoms. The molecule has 3 rings (SSSR count). The zero-order chi connectivity index (χ0) is 20.1. The van der Waals surface area contributed by atoms with Gasteiger partial charge in [-0.1, -0.05) is 0 Å². The summed E-state index contributed by atoms with van der Waals surface area (Å²) in [7, 11) is 4.01. The SMILES string of the molecule is CN(C)Cc1ccc(CSCCN2C(=O)CCSC2c2cc(O)cc(O)c2)o1. The zero-order valence-electron chi connectivity index (χ0n) is 16.1. The zero-order valence-corrected chi connectivity index (χ0v) is 17.8. The number of thioether (sulfide) groups is 2. The number of furan rings is 1. The van der Waals surface area contributed by atoms with E-state index in [1.54, 1.807) is 35.7 Å². The van der Waals surface area contributed by atoms with Gasteiger partial charge in [0.2, 0.25) is 5.91 Å². The van der Waals surface area contributed by atoms with E-state index in [1.807, 2.05) is 31.1 Å². The standard InChI is InChI=1S/C20H26N2O4S2/c1-21(2)12-17-3-4-18(26-17)13-27-8-6-22-19(25)5-7-28-20(22)14-9-15(23)11-16(24)10-14/h3-4,9-11,20,23-24H,5-8,12-13H2,1-2H3. The van der Waals surface area contributed by atoms with Crippen LogP contribution in [0.2, 0.25) is 0 Å². The summed E-state index contributed by atoms with van der Waals surface area (Å²) in [6.07, 6.45) is 0.517. The van der Waals surface area contributed by atoms with Crippen molar-refractivity contribution in [3.63, 3.8) is 0 Å². The smallest absolute Gasteiger partial charge is 0.224 e. The molecule has 0 aliphatic carbocycles. The van der Waals surface area contributed by atoms with Crippen LogP contribution in [0.5, 0.6) is 11.5 Å². The molecule has 28 heavy (non-hydrogen) atoms. The van der Waals surface area contributed by atoms with E-state index in [0.29, 0.717) is 13.0 Å². The van der Waals surface area contributed by atoms with Crippen LogP contribution in [0, 0.1) is 0 Å². The Morgan fingerprint density at radius 2 is 1.93 bits per heavy atom. The van der Waals surface area contributed by atoms with Gasteiger partial charge in [0.25, 0.3) is 0 Å². The first-order valence-electron chi connectivity index (χ1n) is 9.16. The van der Waals surface area contributed by atoms with Crippen molar-refractivity contribution in [1.29, 1.82) is 0 Å². The highest BCUT2D eigenvalue weighted by Crippen LogP contribution is 2.39. The molecule has 8 heteroatoms. The van der Waals surface area contributed by atoms with Crippen LogP contribution in [0.1, 0.15) is 28.9 Å². The van der Waals surface area contributed by atoms with Crippen molar-refractivity contribution in [3.8, 4) is 11.5 Å². The molecule has 1 atom stereocenters. The summed E-state index contributed by atoms with van der Waals surface area (Å²) in [5.41, 5.74) is 0.750. The number of phenolic OH excluding ortho intramolecular Hbond substituents is 2. The molecule has 1 unspecified atom stereocenters. The van der Waals surface area contributed by atoms with E-state index in [1.165, 1.54) is 6.07 Å². The number of hydrogen-bond acceptors (Lipinski definition) is 7. The van der Waals surface area contributed by atoms with Gasteiger partial charge in [0.05, 0.1) is 12.3 Å². The lowest BCUT2D eigenvalue weighted by molar-refractivity contribution is -0.131. The summed E-state index contributed by atoms with van der Waals surface area (Å²) in [4.78, 5) is 16.4. The van der Waals surface area contributed by atoms with Crippen LogP contribution in [-0.4, -0.2) is 58.1 Å². The lowest BCUT2D eigenvalue weighted by Gasteiger charge is -2.35. The molecule has 1 aromatic carbocycles. The van der Waals surface area contributed by atoms with Gasteiger partial charge >= 0.3 is 0 Å². The average Bonchev–Trinajstić information content (AvgIpc) is 3.05. The van der Waals surface area contributed by atoms with E-state index in [4.69, 9.17) is 4.42 Å². The Bertz CT molecular complexity index is 789. The van der Waals surface area contributed by atoms with E-state index < -0.39 is 0 Å². The third kappa shape index (κ3) is 5.62. The van der Waals surface area contributed by atoms with Crippen LogP contribution in [0.4, 0.5) is 0 Å². The molecule has 2 aromatic rings. The molecule has 0 radical (unpaired) electrons. The predicted molar refractivity (Wildman–Crippen MR) is 114 cm³/mol. The van der Waals surface area contributed by atoms with E-state index in [9.17, 15) is 15.0 Å². The average molecular weight is 423 g/mol. The molecule has 1 aliphatic heterocycles. The number of aromatic hydroxyl groups is 2. The topological polar surface area (TPSA) is 77.2 Å². The minimum Gasteiger partial charge on any atom is -0.508 e. The third-order valence-corrected chi connectivity index (χ3v) is 6.56. The van der Waals surface area contributed by atoms with Crippen LogP contribution in [-0.2, 0) is 17.1 Å². The first kappa shape index (κ1) is 21.0. The summed E-state index contributed by atoms with van der Waals surface area (Å²) >= 11 is 3.39. The minimum absolute atomic E-state index is 0.00861. The molecule has 1 aromatic heterocycles. The Labute approximate surface area is 173 Å². The van der Waals surface area contributed by atoms with E-state index in [2.05, 4.69) is 4.90 Å². The van der Waals surface area contributed by atoms with Crippen molar-refractivity contribution >= 4 is 29.4 Å². The number of phenols is 2. The quantitative estimate of drug-likeness (QED) is 0.629. The van der Waals surface area contributed by atoms with Crippen LogP contribution in [0.25, 0.3) is 0 Å². The van der Waals surface area contributed by atoms with E-state index in [-0.39, 0.29) is 22.8 Å². The molecular weight excluding hydrogens is 396 g/mol. The summed E-state index contributed by atoms with van der Waals surface area (Å²) in [6.45, 7) is 1.39. The maximum absolute atomic E-state index is 12.5. The summed E-state index contributed by atoms with van der Waals surface area (Å²) < 4.78 is 5.82. The highest BCUT2D eigenvalue weighted by Gasteiger charge is 2.30. The lowest BCUT2D eigenvalue weighted by atomic mass is 10.1. The van der Waals surface area contributed by atoms with Gasteiger partial charge in [-0.3, -0.25) is 4.79 Å². The van der Waals surface area contributed by atoms with Gasteiger partial charge in [0.15, 0.2) is 0 Å². The van der Waals surface area contributed by atoms with Crippen LogP contribution < -0.4 is 0 Å². The number of carbonyl (C=O) groups excluding carboxylic acids is 1. The molecule has 2 N–H and O–H groups in total. The van der Waals surface area contributed by atoms with Gasteiger partial charge in [0.1, 0.15) is 28.4 Å². The van der Waals surface area contributed by atoms with Crippen LogP contribution >= 0.6 is 23.5 Å². The van der Waals surface area contributed by atoms with E-state index >= 15 is 0 Å². The molecule has 1 amide bonds. The molecule has 152 valence electrons. The van der Waals surface area contributed by atoms with Gasteiger partial charge < -0.3 is 24.4 Å². The number of carbonyl (C=O) groups is 1. The molecule has 0 spiro atoms. The predicted octanol–water partition coefficient (Wildman–Crippen LogP) is 3.65. The van der Waals surface area contributed by atoms with E-state index in [0.717, 1.165) is 40.9 Å². The molecular formula is C20H26N2O4S2. The van der Waals surface area contributed by atoms with Gasteiger partial charge in [0, 0.05) is 30.5 Å². The normalized spacial score (nSPS) is 17.5. The van der Waals surface area contributed by atoms with Gasteiger partial charge in [-0.2, -0.15) is 11.8 Å². The van der Waals surface area contributed by atoms with Crippen molar-refractivity contribution in [1.82, 2.24) is 9.80 Å². The molecule has 1 fully saturated rings. The maximum Gasteiger partial charge on any atom is 0.224 e. The molecule has 0 saturated carbocycles. The first-order chi connectivity index (χ1) is 13.4. The fourth-order valence-electron chi connectivity index (χ4n) is 3.13. The Balaban J connectivity index is 1.56. The number of nitrogens with zero attached hydrogens (tertiary/aromatic N) is 2. The van der Waals surface area contributed by atoms with Gasteiger partial charge in [-0.05, 0) is 43.9 Å². The highest BCUT2D eigenvalue weighted by atomic mass is 32.2. The Morgan fingerprint density at radius 1 is 1.21 bits per heavy atom. The maximum atomic E-state index is 12.5. The van der Waals surface area contributed by atoms with Crippen molar-refractivity contribution in [2.45, 2.75) is 24.1 Å². The number of rotatable bonds is 8. The van der Waals surface area contributed by atoms with Crippen molar-refractivity contribution in [2.75, 3.05) is 32.1 Å². The molecule has 1 aliphatic rings. The minimum atomic E-state index is -0.185. The van der Waals surface area contributed by atoms with Crippen molar-refractivity contribution < 1.29 is 19.4 Å². The van der Waals surface area contributed by atoms with Gasteiger partial charge in [-0.15, -0.1) is 11.8 Å². The van der Waals surface area contributed by atoms with Crippen molar-refractivity contribution in [3.05, 3.63) is 47.4 Å². The monoisotopic (exact) mass is 422 g/mol. The second kappa shape index (κ2) is 9.62. The van der Waals surface area contributed by atoms with Gasteiger partial charge in [-0.25, -0.2) is 0 Å². The summed E-state index contributed by atoms with van der Waals surface area (Å²) in [5.74, 6) is 4.31. The number of amides is 1. The van der Waals surface area contributed by atoms with Crippen LogP contribution in [0.15, 0.2) is 34.7 Å². The molecule has 6 nitrogen and oxygen atoms in total. The first-order valence-corrected chi connectivity index (χ1v) is 11.4.